The monoisotopic (exact) mass is 278 g/mol. The lowest BCUT2D eigenvalue weighted by atomic mass is 9.96. The first kappa shape index (κ1) is 11.3. The standard InChI is InChI=1S/C13H11BrO2/c14-11-8-12(15)10(13(11)16)7-6-9-4-2-1-3-5-9/h1-5,8,10H,6-7H2. The van der Waals surface area contributed by atoms with E-state index < -0.39 is 5.92 Å². The second kappa shape index (κ2) is 4.74. The minimum Gasteiger partial charge on any atom is -0.294 e. The number of hydrogen-bond donors (Lipinski definition) is 0. The molecule has 1 aliphatic carbocycles. The first-order valence-electron chi connectivity index (χ1n) is 5.17. The number of hydrogen-bond acceptors (Lipinski definition) is 2. The van der Waals surface area contributed by atoms with Crippen LogP contribution in [0.2, 0.25) is 0 Å². The lowest BCUT2D eigenvalue weighted by Gasteiger charge is -2.06. The van der Waals surface area contributed by atoms with Crippen molar-refractivity contribution >= 4 is 27.5 Å². The number of Topliss-reactive ketones (excluding diaryl/α,β-unsaturated/α-hetero) is 1. The van der Waals surface area contributed by atoms with Crippen LogP contribution in [0.15, 0.2) is 40.9 Å². The smallest absolute Gasteiger partial charge is 0.180 e. The highest BCUT2D eigenvalue weighted by Crippen LogP contribution is 2.26. The number of carbonyl (C=O) groups excluding carboxylic acids is 2. The van der Waals surface area contributed by atoms with E-state index in [1.807, 2.05) is 30.3 Å². The van der Waals surface area contributed by atoms with Gasteiger partial charge in [-0.15, -0.1) is 0 Å². The van der Waals surface area contributed by atoms with Gasteiger partial charge in [0.1, 0.15) is 0 Å². The maximum Gasteiger partial charge on any atom is 0.180 e. The number of benzene rings is 1. The molecule has 16 heavy (non-hydrogen) atoms. The van der Waals surface area contributed by atoms with Crippen molar-refractivity contribution in [1.29, 1.82) is 0 Å². The van der Waals surface area contributed by atoms with Crippen molar-refractivity contribution in [3.63, 3.8) is 0 Å². The molecule has 0 saturated heterocycles. The minimum atomic E-state index is -0.477. The van der Waals surface area contributed by atoms with E-state index in [0.717, 1.165) is 12.0 Å². The van der Waals surface area contributed by atoms with Gasteiger partial charge in [-0.3, -0.25) is 9.59 Å². The van der Waals surface area contributed by atoms with Crippen LogP contribution in [-0.4, -0.2) is 11.6 Å². The fraction of sp³-hybridized carbons (Fsp3) is 0.231. The van der Waals surface area contributed by atoms with Crippen LogP contribution in [0, 0.1) is 5.92 Å². The third-order valence-electron chi connectivity index (χ3n) is 2.73. The quantitative estimate of drug-likeness (QED) is 0.797. The van der Waals surface area contributed by atoms with Gasteiger partial charge in [-0.05, 0) is 40.4 Å². The number of halogens is 1. The highest BCUT2D eigenvalue weighted by Gasteiger charge is 2.32. The van der Waals surface area contributed by atoms with Crippen LogP contribution >= 0.6 is 15.9 Å². The molecule has 0 saturated carbocycles. The Hall–Kier alpha value is -1.22. The molecule has 1 aliphatic rings. The molecule has 3 heteroatoms. The molecule has 0 N–H and O–H groups in total. The van der Waals surface area contributed by atoms with Crippen molar-refractivity contribution in [3.8, 4) is 0 Å². The molecule has 0 radical (unpaired) electrons. The van der Waals surface area contributed by atoms with Gasteiger partial charge in [0.15, 0.2) is 11.6 Å². The zero-order chi connectivity index (χ0) is 11.5. The summed E-state index contributed by atoms with van der Waals surface area (Å²) in [4.78, 5) is 23.1. The van der Waals surface area contributed by atoms with Crippen molar-refractivity contribution in [3.05, 3.63) is 46.5 Å². The Kier molecular flexibility index (Phi) is 3.34. The fourth-order valence-corrected chi connectivity index (χ4v) is 2.32. The van der Waals surface area contributed by atoms with Gasteiger partial charge in [-0.25, -0.2) is 0 Å². The van der Waals surface area contributed by atoms with Crippen molar-refractivity contribution < 1.29 is 9.59 Å². The van der Waals surface area contributed by atoms with Crippen LogP contribution in [-0.2, 0) is 16.0 Å². The molecule has 0 aromatic heterocycles. The first-order chi connectivity index (χ1) is 7.68. The largest absolute Gasteiger partial charge is 0.294 e. The van der Waals surface area contributed by atoms with Crippen molar-refractivity contribution in [2.45, 2.75) is 12.8 Å². The molecule has 0 fully saturated rings. The molecule has 1 aromatic rings. The second-order valence-corrected chi connectivity index (χ2v) is 4.69. The summed E-state index contributed by atoms with van der Waals surface area (Å²) >= 11 is 3.10. The summed E-state index contributed by atoms with van der Waals surface area (Å²) in [6, 6.07) is 9.88. The van der Waals surface area contributed by atoms with Crippen LogP contribution in [0.4, 0.5) is 0 Å². The van der Waals surface area contributed by atoms with E-state index >= 15 is 0 Å². The van der Waals surface area contributed by atoms with Gasteiger partial charge in [0.05, 0.1) is 10.4 Å². The summed E-state index contributed by atoms with van der Waals surface area (Å²) in [5.41, 5.74) is 1.16. The van der Waals surface area contributed by atoms with Gasteiger partial charge in [0.2, 0.25) is 0 Å². The summed E-state index contributed by atoms with van der Waals surface area (Å²) in [5, 5.41) is 0. The van der Waals surface area contributed by atoms with Crippen molar-refractivity contribution in [2.24, 2.45) is 5.92 Å². The Labute approximate surface area is 102 Å². The van der Waals surface area contributed by atoms with Gasteiger partial charge in [0.25, 0.3) is 0 Å². The van der Waals surface area contributed by atoms with Gasteiger partial charge in [-0.1, -0.05) is 30.3 Å². The molecule has 1 unspecified atom stereocenters. The molecule has 82 valence electrons. The molecule has 0 aliphatic heterocycles. The highest BCUT2D eigenvalue weighted by molar-refractivity contribution is 9.12. The molecular formula is C13H11BrO2. The normalized spacial score (nSPS) is 20.1. The van der Waals surface area contributed by atoms with E-state index in [1.54, 1.807) is 0 Å². The topological polar surface area (TPSA) is 34.1 Å². The molecule has 0 amide bonds. The third kappa shape index (κ3) is 2.30. The Balaban J connectivity index is 1.98. The number of ketones is 2. The van der Waals surface area contributed by atoms with Gasteiger partial charge in [-0.2, -0.15) is 0 Å². The van der Waals surface area contributed by atoms with Gasteiger partial charge in [0, 0.05) is 0 Å². The Morgan fingerprint density at radius 2 is 1.81 bits per heavy atom. The Bertz CT molecular complexity index is 448. The number of rotatable bonds is 3. The minimum absolute atomic E-state index is 0.0761. The summed E-state index contributed by atoms with van der Waals surface area (Å²) in [6.07, 6.45) is 2.74. The second-order valence-electron chi connectivity index (χ2n) is 3.84. The van der Waals surface area contributed by atoms with Gasteiger partial charge < -0.3 is 0 Å². The molecule has 0 heterocycles. The molecule has 2 nitrogen and oxygen atoms in total. The first-order valence-corrected chi connectivity index (χ1v) is 5.97. The lowest BCUT2D eigenvalue weighted by molar-refractivity contribution is -0.126. The number of allylic oxidation sites excluding steroid dienone is 2. The van der Waals surface area contributed by atoms with Crippen LogP contribution in [0.1, 0.15) is 12.0 Å². The van der Waals surface area contributed by atoms with Crippen molar-refractivity contribution in [2.75, 3.05) is 0 Å². The zero-order valence-electron chi connectivity index (χ0n) is 8.65. The lowest BCUT2D eigenvalue weighted by Crippen LogP contribution is -2.16. The fourth-order valence-electron chi connectivity index (χ4n) is 1.82. The summed E-state index contributed by atoms with van der Waals surface area (Å²) in [6.45, 7) is 0. The van der Waals surface area contributed by atoms with Crippen LogP contribution < -0.4 is 0 Å². The van der Waals surface area contributed by atoms with E-state index in [0.29, 0.717) is 10.9 Å². The Morgan fingerprint density at radius 1 is 1.12 bits per heavy atom. The summed E-state index contributed by atoms with van der Waals surface area (Å²) in [5.74, 6) is -0.636. The van der Waals surface area contributed by atoms with Gasteiger partial charge >= 0.3 is 0 Å². The molecule has 2 rings (SSSR count). The SMILES string of the molecule is O=C1C=C(Br)C(=O)C1CCc1ccccc1. The molecule has 1 aromatic carbocycles. The molecule has 0 spiro atoms. The third-order valence-corrected chi connectivity index (χ3v) is 3.35. The number of carbonyl (C=O) groups is 2. The predicted octanol–water partition coefficient (Wildman–Crippen LogP) is 2.67. The van der Waals surface area contributed by atoms with E-state index in [-0.39, 0.29) is 11.6 Å². The van der Waals surface area contributed by atoms with Crippen molar-refractivity contribution in [1.82, 2.24) is 0 Å². The van der Waals surface area contributed by atoms with Crippen LogP contribution in [0.5, 0.6) is 0 Å². The molecule has 0 bridgehead atoms. The maximum absolute atomic E-state index is 11.6. The van der Waals surface area contributed by atoms with E-state index in [4.69, 9.17) is 0 Å². The molecular weight excluding hydrogens is 268 g/mol. The number of aryl methyl sites for hydroxylation is 1. The average molecular weight is 279 g/mol. The predicted molar refractivity (Wildman–Crippen MR) is 65.3 cm³/mol. The van der Waals surface area contributed by atoms with E-state index in [9.17, 15) is 9.59 Å². The van der Waals surface area contributed by atoms with Crippen LogP contribution in [0.3, 0.4) is 0 Å². The Morgan fingerprint density at radius 3 is 2.38 bits per heavy atom. The van der Waals surface area contributed by atoms with E-state index in [1.165, 1.54) is 6.08 Å². The zero-order valence-corrected chi connectivity index (χ0v) is 10.2. The molecule has 1 atom stereocenters. The maximum atomic E-state index is 11.6. The van der Waals surface area contributed by atoms with Crippen LogP contribution in [0.25, 0.3) is 0 Å². The highest BCUT2D eigenvalue weighted by atomic mass is 79.9. The average Bonchev–Trinajstić information content (AvgIpc) is 2.53. The summed E-state index contributed by atoms with van der Waals surface area (Å²) in [7, 11) is 0. The summed E-state index contributed by atoms with van der Waals surface area (Å²) < 4.78 is 0.413. The van der Waals surface area contributed by atoms with E-state index in [2.05, 4.69) is 15.9 Å².